The predicted octanol–water partition coefficient (Wildman–Crippen LogP) is 3.75. The molecule has 0 saturated heterocycles. The fourth-order valence-electron chi connectivity index (χ4n) is 1.70. The van der Waals surface area contributed by atoms with E-state index in [9.17, 15) is 8.78 Å². The van der Waals surface area contributed by atoms with Crippen molar-refractivity contribution < 1.29 is 8.78 Å². The summed E-state index contributed by atoms with van der Waals surface area (Å²) in [6.45, 7) is 0.475. The van der Waals surface area contributed by atoms with Crippen molar-refractivity contribution in [2.75, 3.05) is 0 Å². The molecule has 0 fully saturated rings. The van der Waals surface area contributed by atoms with Crippen LogP contribution in [0.3, 0.4) is 0 Å². The van der Waals surface area contributed by atoms with Gasteiger partial charge in [-0.25, -0.2) is 8.78 Å². The molecule has 0 atom stereocenters. The summed E-state index contributed by atoms with van der Waals surface area (Å²) in [5.41, 5.74) is 8.55. The Morgan fingerprint density at radius 3 is 2.24 bits per heavy atom. The van der Waals surface area contributed by atoms with Gasteiger partial charge in [-0.3, -0.25) is 0 Å². The second-order valence-electron chi connectivity index (χ2n) is 3.83. The van der Waals surface area contributed by atoms with Crippen LogP contribution in [0.1, 0.15) is 17.6 Å². The summed E-state index contributed by atoms with van der Waals surface area (Å²) >= 11 is 0. The van der Waals surface area contributed by atoms with E-state index in [-0.39, 0.29) is 5.56 Å². The molecule has 2 rings (SSSR count). The molecule has 2 aromatic carbocycles. The first-order valence-electron chi connectivity index (χ1n) is 5.38. The summed E-state index contributed by atoms with van der Waals surface area (Å²) in [6, 6.07) is 14.1. The van der Waals surface area contributed by atoms with Gasteiger partial charge in [-0.15, -0.1) is 0 Å². The van der Waals surface area contributed by atoms with E-state index < -0.39 is 6.43 Å². The maximum atomic E-state index is 12.4. The molecule has 0 aliphatic rings. The highest BCUT2D eigenvalue weighted by Gasteiger charge is 2.06. The number of hydrogen-bond donors (Lipinski definition) is 1. The molecule has 0 amide bonds. The molecule has 88 valence electrons. The van der Waals surface area contributed by atoms with Crippen molar-refractivity contribution in [1.82, 2.24) is 0 Å². The van der Waals surface area contributed by atoms with Gasteiger partial charge in [0, 0.05) is 12.1 Å². The summed E-state index contributed by atoms with van der Waals surface area (Å²) in [7, 11) is 0. The first kappa shape index (κ1) is 11.7. The third-order valence-corrected chi connectivity index (χ3v) is 2.66. The van der Waals surface area contributed by atoms with Crippen LogP contribution in [0, 0.1) is 0 Å². The third-order valence-electron chi connectivity index (χ3n) is 2.66. The van der Waals surface area contributed by atoms with Crippen molar-refractivity contribution in [2.45, 2.75) is 13.0 Å². The van der Waals surface area contributed by atoms with E-state index in [4.69, 9.17) is 5.73 Å². The molecule has 2 N–H and O–H groups in total. The zero-order chi connectivity index (χ0) is 12.3. The molecule has 1 nitrogen and oxygen atoms in total. The lowest BCUT2D eigenvalue weighted by Crippen LogP contribution is -1.95. The Morgan fingerprint density at radius 1 is 0.941 bits per heavy atom. The maximum absolute atomic E-state index is 12.4. The van der Waals surface area contributed by atoms with Crippen molar-refractivity contribution in [3.8, 4) is 11.1 Å². The third kappa shape index (κ3) is 2.68. The van der Waals surface area contributed by atoms with Gasteiger partial charge >= 0.3 is 0 Å². The Labute approximate surface area is 98.9 Å². The fraction of sp³-hybridized carbons (Fsp3) is 0.143. The molecule has 0 bridgehead atoms. The van der Waals surface area contributed by atoms with E-state index >= 15 is 0 Å². The first-order chi connectivity index (χ1) is 8.20. The Hall–Kier alpha value is -1.74. The lowest BCUT2D eigenvalue weighted by molar-refractivity contribution is 0.151. The van der Waals surface area contributed by atoms with Crippen LogP contribution >= 0.6 is 0 Å². The van der Waals surface area contributed by atoms with Crippen LogP contribution in [0.4, 0.5) is 8.78 Å². The van der Waals surface area contributed by atoms with Gasteiger partial charge in [-0.2, -0.15) is 0 Å². The normalized spacial score (nSPS) is 10.8. The van der Waals surface area contributed by atoms with Crippen LogP contribution in [0.25, 0.3) is 11.1 Å². The lowest BCUT2D eigenvalue weighted by Gasteiger charge is -2.05. The maximum Gasteiger partial charge on any atom is 0.263 e. The quantitative estimate of drug-likeness (QED) is 0.858. The average Bonchev–Trinajstić information content (AvgIpc) is 2.39. The molecule has 3 heteroatoms. The van der Waals surface area contributed by atoms with Crippen molar-refractivity contribution in [3.05, 3.63) is 59.7 Å². The molecule has 0 aromatic heterocycles. The smallest absolute Gasteiger partial charge is 0.263 e. The molecule has 0 saturated carbocycles. The van der Waals surface area contributed by atoms with Crippen molar-refractivity contribution >= 4 is 0 Å². The van der Waals surface area contributed by atoms with E-state index in [0.29, 0.717) is 6.54 Å². The number of alkyl halides is 2. The minimum atomic E-state index is -2.42. The highest BCUT2D eigenvalue weighted by molar-refractivity contribution is 5.64. The number of rotatable bonds is 3. The Kier molecular flexibility index (Phi) is 3.49. The molecule has 17 heavy (non-hydrogen) atoms. The van der Waals surface area contributed by atoms with Crippen molar-refractivity contribution in [1.29, 1.82) is 0 Å². The molecule has 0 radical (unpaired) electrons. The minimum absolute atomic E-state index is 0.0451. The van der Waals surface area contributed by atoms with Gasteiger partial charge in [0.25, 0.3) is 6.43 Å². The summed E-state index contributed by atoms with van der Waals surface area (Å²) < 4.78 is 24.8. The van der Waals surface area contributed by atoms with Crippen LogP contribution in [-0.4, -0.2) is 0 Å². The topological polar surface area (TPSA) is 26.0 Å². The van der Waals surface area contributed by atoms with Gasteiger partial charge in [0.1, 0.15) is 0 Å². The summed E-state index contributed by atoms with van der Waals surface area (Å²) in [5, 5.41) is 0. The Bertz CT molecular complexity index is 492. The van der Waals surface area contributed by atoms with Gasteiger partial charge in [0.05, 0.1) is 0 Å². The van der Waals surface area contributed by atoms with E-state index in [1.165, 1.54) is 12.1 Å². The van der Waals surface area contributed by atoms with E-state index in [0.717, 1.165) is 16.7 Å². The molecule has 0 aliphatic carbocycles. The fourth-order valence-corrected chi connectivity index (χ4v) is 1.70. The summed E-state index contributed by atoms with van der Waals surface area (Å²) in [6.07, 6.45) is -2.42. The Balaban J connectivity index is 2.32. The molecule has 0 heterocycles. The van der Waals surface area contributed by atoms with Crippen LogP contribution in [0.5, 0.6) is 0 Å². The van der Waals surface area contributed by atoms with Gasteiger partial charge < -0.3 is 5.73 Å². The van der Waals surface area contributed by atoms with E-state index in [1.807, 2.05) is 24.3 Å². The second kappa shape index (κ2) is 5.06. The summed E-state index contributed by atoms with van der Waals surface area (Å²) in [4.78, 5) is 0. The van der Waals surface area contributed by atoms with Gasteiger partial charge in [0.2, 0.25) is 0 Å². The van der Waals surface area contributed by atoms with Crippen LogP contribution in [0.15, 0.2) is 48.5 Å². The predicted molar refractivity (Wildman–Crippen MR) is 64.7 cm³/mol. The van der Waals surface area contributed by atoms with Crippen LogP contribution in [0.2, 0.25) is 0 Å². The number of hydrogen-bond acceptors (Lipinski definition) is 1. The lowest BCUT2D eigenvalue weighted by atomic mass is 10.0. The van der Waals surface area contributed by atoms with Gasteiger partial charge in [-0.05, 0) is 22.8 Å². The molecule has 2 aromatic rings. The van der Waals surface area contributed by atoms with E-state index in [2.05, 4.69) is 0 Å². The molecular weight excluding hydrogens is 220 g/mol. The van der Waals surface area contributed by atoms with Crippen molar-refractivity contribution in [2.24, 2.45) is 5.73 Å². The zero-order valence-corrected chi connectivity index (χ0v) is 9.24. The average molecular weight is 233 g/mol. The minimum Gasteiger partial charge on any atom is -0.326 e. The van der Waals surface area contributed by atoms with Crippen LogP contribution in [-0.2, 0) is 6.54 Å². The highest BCUT2D eigenvalue weighted by atomic mass is 19.3. The van der Waals surface area contributed by atoms with Gasteiger partial charge in [-0.1, -0.05) is 42.5 Å². The number of nitrogens with two attached hydrogens (primary N) is 1. The highest BCUT2D eigenvalue weighted by Crippen LogP contribution is 2.24. The zero-order valence-electron chi connectivity index (χ0n) is 9.24. The standard InChI is InChI=1S/C14H13F2N/c15-14(16)12-6-4-11(5-7-12)13-3-1-2-10(8-13)9-17/h1-8,14H,9,17H2. The summed E-state index contributed by atoms with van der Waals surface area (Å²) in [5.74, 6) is 0. The Morgan fingerprint density at radius 2 is 1.65 bits per heavy atom. The van der Waals surface area contributed by atoms with E-state index in [1.54, 1.807) is 12.1 Å². The monoisotopic (exact) mass is 233 g/mol. The number of halogens is 2. The first-order valence-corrected chi connectivity index (χ1v) is 5.38. The second-order valence-corrected chi connectivity index (χ2v) is 3.83. The number of benzene rings is 2. The molecule has 0 spiro atoms. The largest absolute Gasteiger partial charge is 0.326 e. The van der Waals surface area contributed by atoms with Crippen LogP contribution < -0.4 is 5.73 Å². The van der Waals surface area contributed by atoms with Crippen molar-refractivity contribution in [3.63, 3.8) is 0 Å². The van der Waals surface area contributed by atoms with Gasteiger partial charge in [0.15, 0.2) is 0 Å². The molecular formula is C14H13F2N. The molecule has 0 unspecified atom stereocenters. The molecule has 0 aliphatic heterocycles. The SMILES string of the molecule is NCc1cccc(-c2ccc(C(F)F)cc2)c1.